The first-order valence-electron chi connectivity index (χ1n) is 6.73. The highest BCUT2D eigenvalue weighted by atomic mass is 19.4. The van der Waals surface area contributed by atoms with Crippen LogP contribution in [0.2, 0.25) is 0 Å². The number of nitrogens with zero attached hydrogens (tertiary/aromatic N) is 1. The average molecular weight is 301 g/mol. The highest BCUT2D eigenvalue weighted by Crippen LogP contribution is 2.36. The summed E-state index contributed by atoms with van der Waals surface area (Å²) in [5, 5.41) is 3.14. The Kier molecular flexibility index (Phi) is 4.53. The smallest absolute Gasteiger partial charge is 0.366 e. The minimum atomic E-state index is -4.50. The summed E-state index contributed by atoms with van der Waals surface area (Å²) in [5.41, 5.74) is 4.55. The number of aryl methyl sites for hydroxylation is 1. The van der Waals surface area contributed by atoms with Gasteiger partial charge in [0.25, 0.3) is 0 Å². The van der Waals surface area contributed by atoms with Gasteiger partial charge in [0.05, 0.1) is 5.56 Å². The van der Waals surface area contributed by atoms with E-state index >= 15 is 0 Å². The van der Waals surface area contributed by atoms with Gasteiger partial charge in [0.1, 0.15) is 0 Å². The first-order chi connectivity index (χ1) is 9.80. The maximum absolute atomic E-state index is 13.3. The first kappa shape index (κ1) is 15.8. The number of rotatable bonds is 3. The van der Waals surface area contributed by atoms with Crippen LogP contribution in [0.4, 0.5) is 13.2 Å². The molecule has 2 rings (SSSR count). The fraction of sp³-hybridized carbons (Fsp3) is 0.500. The van der Waals surface area contributed by atoms with Crippen LogP contribution in [0.5, 0.6) is 0 Å². The van der Waals surface area contributed by atoms with Gasteiger partial charge in [-0.15, -0.1) is 0 Å². The van der Waals surface area contributed by atoms with E-state index in [2.05, 4.69) is 5.32 Å². The van der Waals surface area contributed by atoms with Crippen molar-refractivity contribution in [2.45, 2.75) is 19.6 Å². The Hall–Kier alpha value is -1.60. The summed E-state index contributed by atoms with van der Waals surface area (Å²) in [6.45, 7) is 4.20. The highest BCUT2D eigenvalue weighted by molar-refractivity contribution is 5.94. The summed E-state index contributed by atoms with van der Waals surface area (Å²) in [4.78, 5) is 13.4. The van der Waals surface area contributed by atoms with Gasteiger partial charge >= 0.3 is 6.18 Å². The van der Waals surface area contributed by atoms with E-state index in [0.717, 1.165) is 13.1 Å². The molecule has 0 aromatic heterocycles. The number of hydrogen-bond donors (Lipinski definition) is 2. The minimum Gasteiger partial charge on any atom is -0.366 e. The molecule has 7 heteroatoms. The van der Waals surface area contributed by atoms with Crippen molar-refractivity contribution in [2.24, 2.45) is 5.73 Å². The predicted octanol–water partition coefficient (Wildman–Crippen LogP) is 1.52. The quantitative estimate of drug-likeness (QED) is 0.890. The fourth-order valence-corrected chi connectivity index (χ4v) is 2.65. The van der Waals surface area contributed by atoms with Gasteiger partial charge in [-0.3, -0.25) is 9.69 Å². The SMILES string of the molecule is Cc1ccc(C(N)=O)c(CN2CCNCC2)c1C(F)(F)F. The van der Waals surface area contributed by atoms with Gasteiger partial charge in [-0.2, -0.15) is 13.2 Å². The zero-order valence-corrected chi connectivity index (χ0v) is 11.8. The topological polar surface area (TPSA) is 58.4 Å². The van der Waals surface area contributed by atoms with Crippen LogP contribution in [0.3, 0.4) is 0 Å². The lowest BCUT2D eigenvalue weighted by Crippen LogP contribution is -2.43. The summed E-state index contributed by atoms with van der Waals surface area (Å²) in [5.74, 6) is -0.828. The molecule has 116 valence electrons. The van der Waals surface area contributed by atoms with Crippen molar-refractivity contribution in [3.05, 3.63) is 34.4 Å². The van der Waals surface area contributed by atoms with Crippen molar-refractivity contribution in [3.63, 3.8) is 0 Å². The minimum absolute atomic E-state index is 0.0168. The summed E-state index contributed by atoms with van der Waals surface area (Å²) < 4.78 is 40.0. The van der Waals surface area contributed by atoms with Crippen LogP contribution in [0.15, 0.2) is 12.1 Å². The Morgan fingerprint density at radius 2 is 1.95 bits per heavy atom. The third-order valence-corrected chi connectivity index (χ3v) is 3.66. The Labute approximate surface area is 121 Å². The maximum Gasteiger partial charge on any atom is 0.417 e. The van der Waals surface area contributed by atoms with Gasteiger partial charge in [0.2, 0.25) is 5.91 Å². The lowest BCUT2D eigenvalue weighted by Gasteiger charge is -2.29. The van der Waals surface area contributed by atoms with Gasteiger partial charge in [0.15, 0.2) is 0 Å². The van der Waals surface area contributed by atoms with Gasteiger partial charge < -0.3 is 11.1 Å². The molecule has 1 aromatic carbocycles. The number of alkyl halides is 3. The number of benzene rings is 1. The second-order valence-corrected chi connectivity index (χ2v) is 5.17. The molecule has 0 spiro atoms. The van der Waals surface area contributed by atoms with Crippen molar-refractivity contribution < 1.29 is 18.0 Å². The number of amides is 1. The molecular weight excluding hydrogens is 283 g/mol. The monoisotopic (exact) mass is 301 g/mol. The molecule has 1 aliphatic rings. The lowest BCUT2D eigenvalue weighted by atomic mass is 9.95. The molecule has 1 amide bonds. The molecule has 1 aliphatic heterocycles. The van der Waals surface area contributed by atoms with Crippen LogP contribution < -0.4 is 11.1 Å². The molecule has 0 bridgehead atoms. The van der Waals surface area contributed by atoms with Gasteiger partial charge in [-0.05, 0) is 24.1 Å². The van der Waals surface area contributed by atoms with Crippen LogP contribution in [-0.4, -0.2) is 37.0 Å². The number of hydrogen-bond acceptors (Lipinski definition) is 3. The van der Waals surface area contributed by atoms with E-state index in [1.807, 2.05) is 4.90 Å². The van der Waals surface area contributed by atoms with Crippen molar-refractivity contribution >= 4 is 5.91 Å². The van der Waals surface area contributed by atoms with Gasteiger partial charge in [-0.1, -0.05) is 6.07 Å². The third-order valence-electron chi connectivity index (χ3n) is 3.66. The largest absolute Gasteiger partial charge is 0.417 e. The Bertz CT molecular complexity index is 537. The van der Waals surface area contributed by atoms with E-state index < -0.39 is 17.6 Å². The normalized spacial score (nSPS) is 17.0. The molecule has 21 heavy (non-hydrogen) atoms. The molecule has 0 unspecified atom stereocenters. The van der Waals surface area contributed by atoms with E-state index in [4.69, 9.17) is 5.73 Å². The molecule has 1 fully saturated rings. The standard InChI is InChI=1S/C14H18F3N3O/c1-9-2-3-10(13(18)21)11(12(9)14(15,16)17)8-20-6-4-19-5-7-20/h2-3,19H,4-8H2,1H3,(H2,18,21). The zero-order chi connectivity index (χ0) is 15.6. The molecule has 0 saturated carbocycles. The number of carbonyl (C=O) groups excluding carboxylic acids is 1. The lowest BCUT2D eigenvalue weighted by molar-refractivity contribution is -0.138. The van der Waals surface area contributed by atoms with Crippen LogP contribution in [0.1, 0.15) is 27.0 Å². The van der Waals surface area contributed by atoms with Crippen molar-refractivity contribution in [2.75, 3.05) is 26.2 Å². The number of piperazine rings is 1. The molecule has 0 radical (unpaired) electrons. The Balaban J connectivity index is 2.47. The molecule has 0 atom stereocenters. The Morgan fingerprint density at radius 3 is 2.48 bits per heavy atom. The maximum atomic E-state index is 13.3. The first-order valence-corrected chi connectivity index (χ1v) is 6.73. The average Bonchev–Trinajstić information content (AvgIpc) is 2.38. The van der Waals surface area contributed by atoms with E-state index in [1.54, 1.807) is 0 Å². The van der Waals surface area contributed by atoms with Crippen LogP contribution in [-0.2, 0) is 12.7 Å². The summed E-state index contributed by atoms with van der Waals surface area (Å²) in [6.07, 6.45) is -4.50. The molecular formula is C14H18F3N3O. The molecule has 0 aliphatic carbocycles. The second-order valence-electron chi connectivity index (χ2n) is 5.17. The van der Waals surface area contributed by atoms with Gasteiger partial charge in [-0.25, -0.2) is 0 Å². The van der Waals surface area contributed by atoms with E-state index in [0.29, 0.717) is 13.1 Å². The summed E-state index contributed by atoms with van der Waals surface area (Å²) >= 11 is 0. The number of primary amides is 1. The fourth-order valence-electron chi connectivity index (χ4n) is 2.65. The summed E-state index contributed by atoms with van der Waals surface area (Å²) in [7, 11) is 0. The van der Waals surface area contributed by atoms with Crippen LogP contribution in [0, 0.1) is 6.92 Å². The highest BCUT2D eigenvalue weighted by Gasteiger charge is 2.37. The Morgan fingerprint density at radius 1 is 1.33 bits per heavy atom. The number of nitrogens with one attached hydrogen (secondary N) is 1. The summed E-state index contributed by atoms with van der Waals surface area (Å²) in [6, 6.07) is 2.68. The van der Waals surface area contributed by atoms with E-state index in [-0.39, 0.29) is 23.2 Å². The van der Waals surface area contributed by atoms with E-state index in [9.17, 15) is 18.0 Å². The van der Waals surface area contributed by atoms with Crippen LogP contribution in [0.25, 0.3) is 0 Å². The third kappa shape index (κ3) is 3.54. The number of nitrogens with two attached hydrogens (primary N) is 1. The number of carbonyl (C=O) groups is 1. The molecule has 1 heterocycles. The molecule has 1 aromatic rings. The predicted molar refractivity (Wildman–Crippen MR) is 72.8 cm³/mol. The molecule has 3 N–H and O–H groups in total. The molecule has 4 nitrogen and oxygen atoms in total. The zero-order valence-electron chi connectivity index (χ0n) is 11.8. The second kappa shape index (κ2) is 6.03. The molecule has 1 saturated heterocycles. The van der Waals surface area contributed by atoms with Crippen molar-refractivity contribution in [1.29, 1.82) is 0 Å². The van der Waals surface area contributed by atoms with Crippen molar-refractivity contribution in [3.8, 4) is 0 Å². The van der Waals surface area contributed by atoms with Crippen LogP contribution >= 0.6 is 0 Å². The van der Waals surface area contributed by atoms with Crippen molar-refractivity contribution in [1.82, 2.24) is 10.2 Å². The van der Waals surface area contributed by atoms with E-state index in [1.165, 1.54) is 19.1 Å². The van der Waals surface area contributed by atoms with Gasteiger partial charge in [0, 0.05) is 38.3 Å². The number of halogens is 3.